The monoisotopic (exact) mass is 309 g/mol. The number of halogens is 1. The molecule has 1 amide bonds. The van der Waals surface area contributed by atoms with Crippen molar-refractivity contribution >= 4 is 11.7 Å². The maximum atomic E-state index is 12.9. The molecule has 3 rings (SSSR count). The zero-order valence-electron chi connectivity index (χ0n) is 12.7. The van der Waals surface area contributed by atoms with Crippen molar-refractivity contribution in [1.29, 1.82) is 0 Å². The fourth-order valence-corrected chi connectivity index (χ4v) is 2.28. The number of nitrogens with zero attached hydrogens (tertiary/aromatic N) is 2. The second kappa shape index (κ2) is 6.44. The molecular weight excluding hydrogens is 293 g/mol. The van der Waals surface area contributed by atoms with Gasteiger partial charge in [0.2, 0.25) is 0 Å². The predicted octanol–water partition coefficient (Wildman–Crippen LogP) is 3.63. The van der Waals surface area contributed by atoms with Crippen molar-refractivity contribution in [1.82, 2.24) is 9.78 Å². The van der Waals surface area contributed by atoms with E-state index in [1.807, 2.05) is 48.0 Å². The number of benzene rings is 2. The van der Waals surface area contributed by atoms with Crippen molar-refractivity contribution in [3.63, 3.8) is 0 Å². The Morgan fingerprint density at radius 2 is 1.83 bits per heavy atom. The molecule has 0 atom stereocenters. The maximum Gasteiger partial charge on any atom is 0.256 e. The summed E-state index contributed by atoms with van der Waals surface area (Å²) in [5.41, 5.74) is 2.47. The van der Waals surface area contributed by atoms with Crippen LogP contribution in [0.15, 0.2) is 60.7 Å². The van der Waals surface area contributed by atoms with Crippen LogP contribution in [-0.4, -0.2) is 15.7 Å². The summed E-state index contributed by atoms with van der Waals surface area (Å²) < 4.78 is 14.7. The van der Waals surface area contributed by atoms with E-state index in [4.69, 9.17) is 0 Å². The van der Waals surface area contributed by atoms with Crippen molar-refractivity contribution in [3.8, 4) is 0 Å². The molecule has 4 nitrogen and oxygen atoms in total. The minimum absolute atomic E-state index is 0.311. The molecule has 0 bridgehead atoms. The summed E-state index contributed by atoms with van der Waals surface area (Å²) in [5, 5.41) is 7.13. The van der Waals surface area contributed by atoms with Crippen molar-refractivity contribution in [2.75, 3.05) is 5.32 Å². The number of hydrogen-bond donors (Lipinski definition) is 1. The number of amides is 1. The fourth-order valence-electron chi connectivity index (χ4n) is 2.28. The highest BCUT2D eigenvalue weighted by Crippen LogP contribution is 2.13. The van der Waals surface area contributed by atoms with E-state index >= 15 is 0 Å². The van der Waals surface area contributed by atoms with E-state index in [-0.39, 0.29) is 11.7 Å². The van der Waals surface area contributed by atoms with E-state index in [9.17, 15) is 9.18 Å². The molecule has 0 saturated carbocycles. The summed E-state index contributed by atoms with van der Waals surface area (Å²) in [4.78, 5) is 12.1. The van der Waals surface area contributed by atoms with Crippen molar-refractivity contribution in [3.05, 3.63) is 83.3 Å². The van der Waals surface area contributed by atoms with Crippen LogP contribution in [-0.2, 0) is 6.54 Å². The first-order valence-electron chi connectivity index (χ1n) is 7.27. The van der Waals surface area contributed by atoms with Gasteiger partial charge in [0.25, 0.3) is 5.91 Å². The second-order valence-corrected chi connectivity index (χ2v) is 5.28. The van der Waals surface area contributed by atoms with Crippen LogP contribution in [0.1, 0.15) is 21.6 Å². The Morgan fingerprint density at radius 3 is 2.52 bits per heavy atom. The van der Waals surface area contributed by atoms with Crippen molar-refractivity contribution in [2.24, 2.45) is 0 Å². The molecule has 3 aromatic rings. The number of nitrogens with one attached hydrogen (secondary N) is 1. The maximum absolute atomic E-state index is 12.9. The molecule has 0 radical (unpaired) electrons. The average Bonchev–Trinajstić information content (AvgIpc) is 2.88. The van der Waals surface area contributed by atoms with Gasteiger partial charge in [0.15, 0.2) is 5.82 Å². The van der Waals surface area contributed by atoms with Gasteiger partial charge in [0.05, 0.1) is 6.54 Å². The van der Waals surface area contributed by atoms with Crippen LogP contribution in [0, 0.1) is 12.7 Å². The fraction of sp³-hybridized carbons (Fsp3) is 0.111. The Balaban J connectivity index is 1.73. The third-order valence-corrected chi connectivity index (χ3v) is 3.50. The lowest BCUT2D eigenvalue weighted by Crippen LogP contribution is -2.13. The topological polar surface area (TPSA) is 46.9 Å². The van der Waals surface area contributed by atoms with E-state index < -0.39 is 0 Å². The van der Waals surface area contributed by atoms with Gasteiger partial charge < -0.3 is 5.32 Å². The highest BCUT2D eigenvalue weighted by atomic mass is 19.1. The summed E-state index contributed by atoms with van der Waals surface area (Å²) >= 11 is 0. The Bertz CT molecular complexity index is 810. The van der Waals surface area contributed by atoms with E-state index in [1.165, 1.54) is 24.3 Å². The van der Waals surface area contributed by atoms with Crippen LogP contribution < -0.4 is 5.32 Å². The van der Waals surface area contributed by atoms with Crippen LogP contribution in [0.4, 0.5) is 10.2 Å². The van der Waals surface area contributed by atoms with Crippen LogP contribution in [0.2, 0.25) is 0 Å². The standard InChI is InChI=1S/C18H16FN3O/c1-13-11-17(20-18(23)15-7-9-16(19)10-8-15)21-22(13)12-14-5-3-2-4-6-14/h2-11H,12H2,1H3,(H,20,21,23). The highest BCUT2D eigenvalue weighted by molar-refractivity contribution is 6.03. The third kappa shape index (κ3) is 3.63. The lowest BCUT2D eigenvalue weighted by Gasteiger charge is -2.04. The molecule has 116 valence electrons. The van der Waals surface area contributed by atoms with Crippen LogP contribution in [0.25, 0.3) is 0 Å². The molecule has 23 heavy (non-hydrogen) atoms. The molecule has 0 aliphatic carbocycles. The summed E-state index contributed by atoms with van der Waals surface area (Å²) in [6.45, 7) is 2.57. The molecule has 0 aliphatic heterocycles. The molecule has 0 aliphatic rings. The Labute approximate surface area is 133 Å². The number of hydrogen-bond acceptors (Lipinski definition) is 2. The Hall–Kier alpha value is -2.95. The SMILES string of the molecule is Cc1cc(NC(=O)c2ccc(F)cc2)nn1Cc1ccccc1. The van der Waals surface area contributed by atoms with Gasteiger partial charge in [-0.3, -0.25) is 9.48 Å². The molecule has 0 spiro atoms. The number of carbonyl (C=O) groups is 1. The molecule has 0 fully saturated rings. The lowest BCUT2D eigenvalue weighted by atomic mass is 10.2. The second-order valence-electron chi connectivity index (χ2n) is 5.28. The zero-order chi connectivity index (χ0) is 16.2. The first kappa shape index (κ1) is 15.0. The van der Waals surface area contributed by atoms with Gasteiger partial charge in [0.1, 0.15) is 5.82 Å². The van der Waals surface area contributed by atoms with Crippen molar-refractivity contribution < 1.29 is 9.18 Å². The van der Waals surface area contributed by atoms with Crippen LogP contribution in [0.5, 0.6) is 0 Å². The third-order valence-electron chi connectivity index (χ3n) is 3.50. The number of rotatable bonds is 4. The van der Waals surface area contributed by atoms with E-state index in [1.54, 1.807) is 0 Å². The van der Waals surface area contributed by atoms with Gasteiger partial charge in [-0.05, 0) is 36.8 Å². The summed E-state index contributed by atoms with van der Waals surface area (Å²) in [7, 11) is 0. The minimum Gasteiger partial charge on any atom is -0.305 e. The van der Waals surface area contributed by atoms with Gasteiger partial charge >= 0.3 is 0 Å². The highest BCUT2D eigenvalue weighted by Gasteiger charge is 2.10. The van der Waals surface area contributed by atoms with E-state index in [0.717, 1.165) is 11.3 Å². The Kier molecular flexibility index (Phi) is 4.19. The molecule has 5 heteroatoms. The largest absolute Gasteiger partial charge is 0.305 e. The average molecular weight is 309 g/mol. The summed E-state index contributed by atoms with van der Waals surface area (Å²) in [6.07, 6.45) is 0. The quantitative estimate of drug-likeness (QED) is 0.800. The molecule has 1 N–H and O–H groups in total. The molecule has 1 aromatic heterocycles. The smallest absolute Gasteiger partial charge is 0.256 e. The number of aryl methyl sites for hydroxylation is 1. The van der Waals surface area contributed by atoms with Gasteiger partial charge in [-0.15, -0.1) is 0 Å². The molecule has 0 unspecified atom stereocenters. The summed E-state index contributed by atoms with van der Waals surface area (Å²) in [5.74, 6) is -0.202. The van der Waals surface area contributed by atoms with Gasteiger partial charge in [0, 0.05) is 17.3 Å². The van der Waals surface area contributed by atoms with Crippen LogP contribution in [0.3, 0.4) is 0 Å². The molecule has 0 saturated heterocycles. The lowest BCUT2D eigenvalue weighted by molar-refractivity contribution is 0.102. The first-order chi connectivity index (χ1) is 11.1. The first-order valence-corrected chi connectivity index (χ1v) is 7.27. The van der Waals surface area contributed by atoms with E-state index in [2.05, 4.69) is 10.4 Å². The normalized spacial score (nSPS) is 10.5. The van der Waals surface area contributed by atoms with Crippen molar-refractivity contribution in [2.45, 2.75) is 13.5 Å². The molecular formula is C18H16FN3O. The predicted molar refractivity (Wildman–Crippen MR) is 86.9 cm³/mol. The number of anilines is 1. The van der Waals surface area contributed by atoms with Gasteiger partial charge in [-0.25, -0.2) is 4.39 Å². The molecule has 1 heterocycles. The zero-order valence-corrected chi connectivity index (χ0v) is 12.7. The summed E-state index contributed by atoms with van der Waals surface area (Å²) in [6, 6.07) is 17.2. The number of carbonyl (C=O) groups excluding carboxylic acids is 1. The van der Waals surface area contributed by atoms with Gasteiger partial charge in [-0.2, -0.15) is 5.10 Å². The van der Waals surface area contributed by atoms with E-state index in [0.29, 0.717) is 17.9 Å². The number of aromatic nitrogens is 2. The minimum atomic E-state index is -0.371. The Morgan fingerprint density at radius 1 is 1.13 bits per heavy atom. The van der Waals surface area contributed by atoms with Crippen LogP contribution >= 0.6 is 0 Å². The molecule has 2 aromatic carbocycles. The van der Waals surface area contributed by atoms with Gasteiger partial charge in [-0.1, -0.05) is 30.3 Å².